The number of hydrogen-bond acceptors (Lipinski definition) is 3. The van der Waals surface area contributed by atoms with Gasteiger partial charge in [-0.2, -0.15) is 11.8 Å². The Morgan fingerprint density at radius 1 is 1.21 bits per heavy atom. The number of thioether (sulfide) groups is 1. The van der Waals surface area contributed by atoms with Crippen molar-refractivity contribution in [1.29, 1.82) is 0 Å². The molecule has 0 spiro atoms. The van der Waals surface area contributed by atoms with Crippen LogP contribution in [0.5, 0.6) is 0 Å². The topological polar surface area (TPSA) is 66.4 Å². The molecule has 1 rings (SSSR count). The monoisotopic (exact) mass is 281 g/mol. The van der Waals surface area contributed by atoms with Gasteiger partial charge < -0.3 is 10.4 Å². The first-order valence-electron chi connectivity index (χ1n) is 6.08. The summed E-state index contributed by atoms with van der Waals surface area (Å²) in [6.07, 6.45) is 1.85. The first-order chi connectivity index (χ1) is 8.97. The fourth-order valence-electron chi connectivity index (χ4n) is 1.68. The number of nitrogens with one attached hydrogen (secondary N) is 1. The Morgan fingerprint density at radius 3 is 2.26 bits per heavy atom. The SMILES string of the molecule is CSC(C)C(=O)NC(c1ccccc1)C(C)C(=O)O. The highest BCUT2D eigenvalue weighted by Gasteiger charge is 2.27. The minimum atomic E-state index is -0.925. The van der Waals surface area contributed by atoms with Crippen molar-refractivity contribution in [2.75, 3.05) is 6.26 Å². The Bertz CT molecular complexity index is 436. The molecule has 3 atom stereocenters. The third kappa shape index (κ3) is 4.28. The lowest BCUT2D eigenvalue weighted by Gasteiger charge is -2.24. The van der Waals surface area contributed by atoms with Crippen LogP contribution in [0, 0.1) is 5.92 Å². The largest absolute Gasteiger partial charge is 0.481 e. The average molecular weight is 281 g/mol. The lowest BCUT2D eigenvalue weighted by atomic mass is 9.94. The molecule has 0 aliphatic rings. The molecule has 1 aromatic carbocycles. The molecule has 0 aliphatic heterocycles. The predicted octanol–water partition coefficient (Wildman–Crippen LogP) is 2.32. The van der Waals surface area contributed by atoms with Gasteiger partial charge in [0.15, 0.2) is 0 Å². The number of carboxylic acids is 1. The molecule has 0 saturated heterocycles. The summed E-state index contributed by atoms with van der Waals surface area (Å²) in [6.45, 7) is 3.40. The van der Waals surface area contributed by atoms with Crippen LogP contribution in [-0.4, -0.2) is 28.5 Å². The van der Waals surface area contributed by atoms with Crippen molar-refractivity contribution in [2.24, 2.45) is 5.92 Å². The first-order valence-corrected chi connectivity index (χ1v) is 7.37. The molecule has 0 bridgehead atoms. The molecule has 1 amide bonds. The van der Waals surface area contributed by atoms with Crippen molar-refractivity contribution >= 4 is 23.6 Å². The maximum Gasteiger partial charge on any atom is 0.308 e. The number of carbonyl (C=O) groups excluding carboxylic acids is 1. The van der Waals surface area contributed by atoms with Crippen LogP contribution in [0.15, 0.2) is 30.3 Å². The van der Waals surface area contributed by atoms with Crippen LogP contribution >= 0.6 is 11.8 Å². The molecule has 4 nitrogen and oxygen atoms in total. The molecule has 0 radical (unpaired) electrons. The van der Waals surface area contributed by atoms with E-state index < -0.39 is 17.9 Å². The van der Waals surface area contributed by atoms with Crippen molar-refractivity contribution < 1.29 is 14.7 Å². The summed E-state index contributed by atoms with van der Waals surface area (Å²) in [6, 6.07) is 8.67. The van der Waals surface area contributed by atoms with E-state index in [0.29, 0.717) is 0 Å². The zero-order chi connectivity index (χ0) is 14.4. The molecular weight excluding hydrogens is 262 g/mol. The standard InChI is InChI=1S/C14H19NO3S/c1-9(14(17)18)12(11-7-5-4-6-8-11)15-13(16)10(2)19-3/h4-10,12H,1-3H3,(H,15,16)(H,17,18). The van der Waals surface area contributed by atoms with Crippen LogP contribution in [0.3, 0.4) is 0 Å². The van der Waals surface area contributed by atoms with Crippen molar-refractivity contribution in [2.45, 2.75) is 25.1 Å². The Kier molecular flexibility index (Phi) is 5.89. The zero-order valence-corrected chi connectivity index (χ0v) is 12.1. The highest BCUT2D eigenvalue weighted by atomic mass is 32.2. The summed E-state index contributed by atoms with van der Waals surface area (Å²) in [5, 5.41) is 11.8. The van der Waals surface area contributed by atoms with Crippen molar-refractivity contribution in [3.8, 4) is 0 Å². The molecule has 104 valence electrons. The Morgan fingerprint density at radius 2 is 1.79 bits per heavy atom. The van der Waals surface area contributed by atoms with Gasteiger partial charge in [0.1, 0.15) is 0 Å². The number of aliphatic carboxylic acids is 1. The second-order valence-electron chi connectivity index (χ2n) is 4.40. The molecule has 2 N–H and O–H groups in total. The summed E-state index contributed by atoms with van der Waals surface area (Å²) in [5.74, 6) is -1.75. The number of carbonyl (C=O) groups is 2. The van der Waals surface area contributed by atoms with Crippen LogP contribution < -0.4 is 5.32 Å². The van der Waals surface area contributed by atoms with Crippen molar-refractivity contribution in [3.63, 3.8) is 0 Å². The molecule has 3 unspecified atom stereocenters. The van der Waals surface area contributed by atoms with Crippen molar-refractivity contribution in [3.05, 3.63) is 35.9 Å². The summed E-state index contributed by atoms with van der Waals surface area (Å²) < 4.78 is 0. The summed E-state index contributed by atoms with van der Waals surface area (Å²) >= 11 is 1.43. The Labute approximate surface area is 117 Å². The van der Waals surface area contributed by atoms with E-state index in [0.717, 1.165) is 5.56 Å². The second kappa shape index (κ2) is 7.19. The minimum Gasteiger partial charge on any atom is -0.481 e. The molecule has 1 aromatic rings. The summed E-state index contributed by atoms with van der Waals surface area (Å²) in [7, 11) is 0. The number of benzene rings is 1. The first kappa shape index (κ1) is 15.6. The lowest BCUT2D eigenvalue weighted by molar-refractivity contribution is -0.142. The normalized spacial score (nSPS) is 15.3. The molecule has 0 saturated carbocycles. The van der Waals surface area contributed by atoms with Gasteiger partial charge >= 0.3 is 5.97 Å². The van der Waals surface area contributed by atoms with E-state index in [1.165, 1.54) is 11.8 Å². The average Bonchev–Trinajstić information content (AvgIpc) is 2.43. The highest BCUT2D eigenvalue weighted by Crippen LogP contribution is 2.23. The molecule has 0 aromatic heterocycles. The van der Waals surface area contributed by atoms with Gasteiger partial charge in [-0.1, -0.05) is 30.3 Å². The van der Waals surface area contributed by atoms with E-state index in [9.17, 15) is 9.59 Å². The van der Waals surface area contributed by atoms with E-state index in [-0.39, 0.29) is 11.2 Å². The van der Waals surface area contributed by atoms with Crippen LogP contribution in [0.1, 0.15) is 25.5 Å². The lowest BCUT2D eigenvalue weighted by Crippen LogP contribution is -2.39. The quantitative estimate of drug-likeness (QED) is 0.839. The van der Waals surface area contributed by atoms with Gasteiger partial charge in [0, 0.05) is 0 Å². The number of amides is 1. The molecule has 0 heterocycles. The van der Waals surface area contributed by atoms with Gasteiger partial charge in [-0.25, -0.2) is 0 Å². The molecular formula is C14H19NO3S. The third-order valence-electron chi connectivity index (χ3n) is 3.07. The van der Waals surface area contributed by atoms with Crippen LogP contribution in [-0.2, 0) is 9.59 Å². The van der Waals surface area contributed by atoms with Crippen LogP contribution in [0.25, 0.3) is 0 Å². The maximum absolute atomic E-state index is 12.0. The Balaban J connectivity index is 2.94. The summed E-state index contributed by atoms with van der Waals surface area (Å²) in [4.78, 5) is 23.1. The molecule has 0 aliphatic carbocycles. The van der Waals surface area contributed by atoms with Crippen LogP contribution in [0.2, 0.25) is 0 Å². The number of carboxylic acid groups (broad SMARTS) is 1. The van der Waals surface area contributed by atoms with Gasteiger partial charge in [-0.15, -0.1) is 0 Å². The fourth-order valence-corrected chi connectivity index (χ4v) is 1.96. The van der Waals surface area contributed by atoms with E-state index in [2.05, 4.69) is 5.32 Å². The van der Waals surface area contributed by atoms with E-state index >= 15 is 0 Å². The van der Waals surface area contributed by atoms with Crippen molar-refractivity contribution in [1.82, 2.24) is 5.32 Å². The Hall–Kier alpha value is -1.49. The highest BCUT2D eigenvalue weighted by molar-refractivity contribution is 7.99. The van der Waals surface area contributed by atoms with Gasteiger partial charge in [0.2, 0.25) is 5.91 Å². The maximum atomic E-state index is 12.0. The van der Waals surface area contributed by atoms with Gasteiger partial charge in [0.05, 0.1) is 17.2 Å². The molecule has 19 heavy (non-hydrogen) atoms. The molecule has 5 heteroatoms. The molecule has 0 fully saturated rings. The minimum absolute atomic E-state index is 0.144. The van der Waals surface area contributed by atoms with E-state index in [1.54, 1.807) is 13.8 Å². The number of rotatable bonds is 6. The number of hydrogen-bond donors (Lipinski definition) is 2. The summed E-state index contributed by atoms with van der Waals surface area (Å²) in [5.41, 5.74) is 0.805. The van der Waals surface area contributed by atoms with E-state index in [4.69, 9.17) is 5.11 Å². The van der Waals surface area contributed by atoms with E-state index in [1.807, 2.05) is 36.6 Å². The van der Waals surface area contributed by atoms with Gasteiger partial charge in [0.25, 0.3) is 0 Å². The van der Waals surface area contributed by atoms with Gasteiger partial charge in [-0.3, -0.25) is 9.59 Å². The third-order valence-corrected chi connectivity index (χ3v) is 3.99. The second-order valence-corrected chi connectivity index (χ2v) is 5.58. The van der Waals surface area contributed by atoms with Gasteiger partial charge in [-0.05, 0) is 25.7 Å². The zero-order valence-electron chi connectivity index (χ0n) is 11.3. The predicted molar refractivity (Wildman–Crippen MR) is 77.1 cm³/mol. The smallest absolute Gasteiger partial charge is 0.308 e. The van der Waals surface area contributed by atoms with Crippen LogP contribution in [0.4, 0.5) is 0 Å². The fraction of sp³-hybridized carbons (Fsp3) is 0.429.